The smallest absolute Gasteiger partial charge is 0.119 e. The first-order chi connectivity index (χ1) is 16.3. The van der Waals surface area contributed by atoms with Crippen LogP contribution < -0.4 is 4.74 Å². The summed E-state index contributed by atoms with van der Waals surface area (Å²) in [4.78, 5) is 5.42. The molecule has 5 heteroatoms. The van der Waals surface area contributed by atoms with Crippen LogP contribution in [0.15, 0.2) is 24.3 Å². The van der Waals surface area contributed by atoms with Crippen molar-refractivity contribution in [1.29, 1.82) is 0 Å². The third-order valence-electron chi connectivity index (χ3n) is 9.46. The van der Waals surface area contributed by atoms with Crippen molar-refractivity contribution in [2.75, 3.05) is 59.2 Å². The summed E-state index contributed by atoms with van der Waals surface area (Å²) < 4.78 is 17.9. The first kappa shape index (κ1) is 22.3. The average Bonchev–Trinajstić information content (AvgIpc) is 2.75. The molecule has 5 aliphatic rings. The molecule has 6 rings (SSSR count). The van der Waals surface area contributed by atoms with E-state index in [0.717, 1.165) is 76.7 Å². The summed E-state index contributed by atoms with van der Waals surface area (Å²) >= 11 is 0. The van der Waals surface area contributed by atoms with Crippen LogP contribution in [0.3, 0.4) is 0 Å². The molecule has 1 aromatic rings. The van der Waals surface area contributed by atoms with Gasteiger partial charge in [-0.15, -0.1) is 0 Å². The highest BCUT2D eigenvalue weighted by atomic mass is 16.5. The van der Waals surface area contributed by atoms with E-state index in [-0.39, 0.29) is 5.41 Å². The second-order valence-electron chi connectivity index (χ2n) is 11.4. The van der Waals surface area contributed by atoms with E-state index >= 15 is 0 Å². The Balaban J connectivity index is 1.09. The summed E-state index contributed by atoms with van der Waals surface area (Å²) in [5.74, 6) is 2.57. The van der Waals surface area contributed by atoms with Crippen molar-refractivity contribution in [2.45, 2.75) is 68.9 Å². The van der Waals surface area contributed by atoms with E-state index < -0.39 is 0 Å². The predicted molar refractivity (Wildman–Crippen MR) is 130 cm³/mol. The van der Waals surface area contributed by atoms with Crippen molar-refractivity contribution >= 4 is 0 Å². The second kappa shape index (κ2) is 9.85. The molecule has 0 bridgehead atoms. The van der Waals surface area contributed by atoms with E-state index in [2.05, 4.69) is 34.1 Å². The van der Waals surface area contributed by atoms with Gasteiger partial charge in [-0.05, 0) is 62.1 Å². The molecule has 0 spiro atoms. The SMILES string of the molecule is c1cc(C2(CN3CCOCC3C3CCC3)CCOCC2)ccc1OCC1CN(C2CCC2)C1. The molecular formula is C28H42N2O3. The monoisotopic (exact) mass is 454 g/mol. The molecule has 2 saturated carbocycles. The third-order valence-corrected chi connectivity index (χ3v) is 9.46. The number of ether oxygens (including phenoxy) is 3. The van der Waals surface area contributed by atoms with E-state index in [1.165, 1.54) is 57.2 Å². The van der Waals surface area contributed by atoms with Crippen molar-refractivity contribution < 1.29 is 14.2 Å². The molecule has 33 heavy (non-hydrogen) atoms. The molecular weight excluding hydrogens is 412 g/mol. The summed E-state index contributed by atoms with van der Waals surface area (Å²) in [6, 6.07) is 10.6. The summed E-state index contributed by atoms with van der Waals surface area (Å²) in [6.07, 6.45) is 10.6. The fraction of sp³-hybridized carbons (Fsp3) is 0.786. The van der Waals surface area contributed by atoms with Gasteiger partial charge in [0, 0.05) is 62.8 Å². The van der Waals surface area contributed by atoms with Gasteiger partial charge < -0.3 is 14.2 Å². The van der Waals surface area contributed by atoms with Crippen LogP contribution in [0.4, 0.5) is 0 Å². The van der Waals surface area contributed by atoms with E-state index in [9.17, 15) is 0 Å². The van der Waals surface area contributed by atoms with E-state index in [4.69, 9.17) is 14.2 Å². The highest BCUT2D eigenvalue weighted by molar-refractivity contribution is 5.33. The van der Waals surface area contributed by atoms with Crippen LogP contribution in [0.25, 0.3) is 0 Å². The van der Waals surface area contributed by atoms with Gasteiger partial charge in [0.1, 0.15) is 5.75 Å². The Kier molecular flexibility index (Phi) is 6.66. The van der Waals surface area contributed by atoms with E-state index in [0.29, 0.717) is 12.0 Å². The van der Waals surface area contributed by atoms with E-state index in [1.54, 1.807) is 0 Å². The molecule has 5 nitrogen and oxygen atoms in total. The van der Waals surface area contributed by atoms with Crippen molar-refractivity contribution in [3.63, 3.8) is 0 Å². The van der Waals surface area contributed by atoms with Crippen LogP contribution in [-0.4, -0.2) is 81.1 Å². The van der Waals surface area contributed by atoms with Gasteiger partial charge in [0.15, 0.2) is 0 Å². The Bertz CT molecular complexity index is 764. The van der Waals surface area contributed by atoms with Gasteiger partial charge in [-0.25, -0.2) is 0 Å². The normalized spacial score (nSPS) is 29.8. The predicted octanol–water partition coefficient (Wildman–Crippen LogP) is 4.10. The molecule has 1 unspecified atom stereocenters. The van der Waals surface area contributed by atoms with Crippen molar-refractivity contribution in [3.8, 4) is 5.75 Å². The maximum atomic E-state index is 6.21. The lowest BCUT2D eigenvalue weighted by molar-refractivity contribution is -0.0632. The number of rotatable bonds is 8. The molecule has 3 saturated heterocycles. The minimum atomic E-state index is 0.188. The number of hydrogen-bond acceptors (Lipinski definition) is 5. The Morgan fingerprint density at radius 1 is 0.909 bits per heavy atom. The maximum Gasteiger partial charge on any atom is 0.119 e. The molecule has 5 fully saturated rings. The molecule has 0 amide bonds. The summed E-state index contributed by atoms with van der Waals surface area (Å²) in [5, 5.41) is 0. The highest BCUT2D eigenvalue weighted by Gasteiger charge is 2.41. The molecule has 3 aliphatic heterocycles. The minimum Gasteiger partial charge on any atom is -0.493 e. The second-order valence-corrected chi connectivity index (χ2v) is 11.4. The molecule has 0 N–H and O–H groups in total. The van der Waals surface area contributed by atoms with Gasteiger partial charge in [-0.3, -0.25) is 9.80 Å². The van der Waals surface area contributed by atoms with Crippen molar-refractivity contribution in [2.24, 2.45) is 11.8 Å². The standard InChI is InChI=1S/C28H42N2O3/c1-3-23(4-1)27-20-32-16-13-29(27)21-28(11-14-31-15-12-28)24-7-9-26(10-8-24)33-19-22-17-30(18-22)25-5-2-6-25/h7-10,22-23,25,27H,1-6,11-21H2. The lowest BCUT2D eigenvalue weighted by Gasteiger charge is -2.49. The quantitative estimate of drug-likeness (QED) is 0.591. The summed E-state index contributed by atoms with van der Waals surface area (Å²) in [6.45, 7) is 9.07. The first-order valence-electron chi connectivity index (χ1n) is 13.7. The third kappa shape index (κ3) is 4.71. The molecule has 3 heterocycles. The van der Waals surface area contributed by atoms with Crippen LogP contribution in [0.1, 0.15) is 56.9 Å². The van der Waals surface area contributed by atoms with Crippen molar-refractivity contribution in [3.05, 3.63) is 29.8 Å². The largest absolute Gasteiger partial charge is 0.493 e. The zero-order valence-corrected chi connectivity index (χ0v) is 20.3. The molecule has 182 valence electrons. The zero-order valence-electron chi connectivity index (χ0n) is 20.3. The fourth-order valence-electron chi connectivity index (χ4n) is 6.69. The first-order valence-corrected chi connectivity index (χ1v) is 13.7. The van der Waals surface area contributed by atoms with Crippen LogP contribution in [0, 0.1) is 11.8 Å². The molecule has 2 aliphatic carbocycles. The lowest BCUT2D eigenvalue weighted by Crippen LogP contribution is -2.56. The van der Waals surface area contributed by atoms with Gasteiger partial charge in [-0.2, -0.15) is 0 Å². The number of morpholine rings is 1. The van der Waals surface area contributed by atoms with Crippen molar-refractivity contribution in [1.82, 2.24) is 9.80 Å². The minimum absolute atomic E-state index is 0.188. The van der Waals surface area contributed by atoms with Gasteiger partial charge in [-0.1, -0.05) is 25.0 Å². The number of likely N-dealkylation sites (tertiary alicyclic amines) is 1. The van der Waals surface area contributed by atoms with Crippen LogP contribution in [-0.2, 0) is 14.9 Å². The van der Waals surface area contributed by atoms with Gasteiger partial charge in [0.2, 0.25) is 0 Å². The van der Waals surface area contributed by atoms with Gasteiger partial charge >= 0.3 is 0 Å². The number of benzene rings is 1. The molecule has 1 aromatic carbocycles. The fourth-order valence-corrected chi connectivity index (χ4v) is 6.69. The topological polar surface area (TPSA) is 34.2 Å². The molecule has 0 radical (unpaired) electrons. The summed E-state index contributed by atoms with van der Waals surface area (Å²) in [7, 11) is 0. The maximum absolute atomic E-state index is 6.21. The zero-order chi connectivity index (χ0) is 22.1. The summed E-state index contributed by atoms with van der Waals surface area (Å²) in [5.41, 5.74) is 1.66. The van der Waals surface area contributed by atoms with Gasteiger partial charge in [0.05, 0.1) is 19.8 Å². The Morgan fingerprint density at radius 3 is 2.33 bits per heavy atom. The Morgan fingerprint density at radius 2 is 1.67 bits per heavy atom. The van der Waals surface area contributed by atoms with E-state index in [1.807, 2.05) is 0 Å². The van der Waals surface area contributed by atoms with Crippen LogP contribution in [0.5, 0.6) is 5.75 Å². The van der Waals surface area contributed by atoms with Gasteiger partial charge in [0.25, 0.3) is 0 Å². The highest BCUT2D eigenvalue weighted by Crippen LogP contribution is 2.40. The molecule has 0 aromatic heterocycles. The lowest BCUT2D eigenvalue weighted by atomic mass is 9.72. The Hall–Kier alpha value is -1.14. The van der Waals surface area contributed by atoms with Crippen LogP contribution >= 0.6 is 0 Å². The average molecular weight is 455 g/mol. The molecule has 1 atom stereocenters. The Labute approximate surface area is 199 Å². The van der Waals surface area contributed by atoms with Crippen LogP contribution in [0.2, 0.25) is 0 Å². The number of hydrogen-bond donors (Lipinski definition) is 0. The number of nitrogens with zero attached hydrogens (tertiary/aromatic N) is 2.